The average Bonchev–Trinajstić information content (AvgIpc) is 2.71. The van der Waals surface area contributed by atoms with E-state index < -0.39 is 6.04 Å². The van der Waals surface area contributed by atoms with E-state index in [4.69, 9.17) is 0 Å². The van der Waals surface area contributed by atoms with Crippen molar-refractivity contribution in [2.24, 2.45) is 0 Å². The summed E-state index contributed by atoms with van der Waals surface area (Å²) in [6.07, 6.45) is 1.62. The van der Waals surface area contributed by atoms with E-state index in [2.05, 4.69) is 49.5 Å². The average molecular weight is 437 g/mol. The number of hydrogen-bond donors (Lipinski definition) is 1. The summed E-state index contributed by atoms with van der Waals surface area (Å²) < 4.78 is 0. The van der Waals surface area contributed by atoms with Crippen LogP contribution in [0.15, 0.2) is 48.5 Å². The van der Waals surface area contributed by atoms with Crippen molar-refractivity contribution < 1.29 is 9.59 Å². The Balaban J connectivity index is 2.21. The molecule has 0 radical (unpaired) electrons. The van der Waals surface area contributed by atoms with Crippen molar-refractivity contribution in [3.8, 4) is 0 Å². The zero-order valence-electron chi connectivity index (χ0n) is 20.9. The molecule has 4 heteroatoms. The largest absolute Gasteiger partial charge is 0.350 e. The lowest BCUT2D eigenvalue weighted by Crippen LogP contribution is -2.53. The summed E-state index contributed by atoms with van der Waals surface area (Å²) in [5.41, 5.74) is 4.28. The van der Waals surface area contributed by atoms with Crippen LogP contribution in [0.5, 0.6) is 0 Å². The van der Waals surface area contributed by atoms with Crippen LogP contribution >= 0.6 is 0 Å². The van der Waals surface area contributed by atoms with E-state index in [9.17, 15) is 9.59 Å². The molecule has 0 aliphatic heterocycles. The molecule has 0 aliphatic carbocycles. The molecule has 2 aromatic carbocycles. The zero-order chi connectivity index (χ0) is 23.9. The standard InChI is InChI=1S/C28H40N2O2/c1-8-25(27(32)29-28(5,6)7)30(19-23-11-9-10-21(4)18-23)26(31)17-14-22-12-15-24(16-13-22)20(2)3/h9-13,15-16,18,20,25H,8,14,17,19H2,1-7H3,(H,29,32)/t25-/m0/s1. The molecule has 0 saturated heterocycles. The number of aryl methyl sites for hydroxylation is 2. The molecular weight excluding hydrogens is 396 g/mol. The molecule has 0 bridgehead atoms. The van der Waals surface area contributed by atoms with E-state index in [0.717, 1.165) is 16.7 Å². The molecule has 1 atom stereocenters. The van der Waals surface area contributed by atoms with Crippen LogP contribution in [0.4, 0.5) is 0 Å². The highest BCUT2D eigenvalue weighted by molar-refractivity contribution is 5.88. The summed E-state index contributed by atoms with van der Waals surface area (Å²) in [5, 5.41) is 3.06. The first-order chi connectivity index (χ1) is 15.0. The quantitative estimate of drug-likeness (QED) is 0.542. The van der Waals surface area contributed by atoms with Gasteiger partial charge >= 0.3 is 0 Å². The van der Waals surface area contributed by atoms with Gasteiger partial charge in [0.2, 0.25) is 11.8 Å². The fourth-order valence-corrected chi connectivity index (χ4v) is 3.84. The molecule has 0 saturated carbocycles. The smallest absolute Gasteiger partial charge is 0.243 e. The fourth-order valence-electron chi connectivity index (χ4n) is 3.84. The van der Waals surface area contributed by atoms with Crippen molar-refractivity contribution in [3.05, 3.63) is 70.8 Å². The maximum atomic E-state index is 13.4. The highest BCUT2D eigenvalue weighted by atomic mass is 16.2. The minimum Gasteiger partial charge on any atom is -0.350 e. The topological polar surface area (TPSA) is 49.4 Å². The van der Waals surface area contributed by atoms with E-state index in [1.165, 1.54) is 5.56 Å². The number of benzene rings is 2. The molecule has 174 valence electrons. The number of nitrogens with one attached hydrogen (secondary N) is 1. The van der Waals surface area contributed by atoms with Gasteiger partial charge < -0.3 is 10.2 Å². The summed E-state index contributed by atoms with van der Waals surface area (Å²) in [7, 11) is 0. The molecule has 0 spiro atoms. The SMILES string of the molecule is CC[C@@H](C(=O)NC(C)(C)C)N(Cc1cccc(C)c1)C(=O)CCc1ccc(C(C)C)cc1. The van der Waals surface area contributed by atoms with Gasteiger partial charge in [-0.2, -0.15) is 0 Å². The maximum absolute atomic E-state index is 13.4. The number of carbonyl (C=O) groups excluding carboxylic acids is 2. The van der Waals surface area contributed by atoms with Crippen LogP contribution in [0.2, 0.25) is 0 Å². The maximum Gasteiger partial charge on any atom is 0.243 e. The molecular formula is C28H40N2O2. The third-order valence-corrected chi connectivity index (χ3v) is 5.59. The van der Waals surface area contributed by atoms with Gasteiger partial charge in [0.15, 0.2) is 0 Å². The van der Waals surface area contributed by atoms with Crippen LogP contribution < -0.4 is 5.32 Å². The van der Waals surface area contributed by atoms with E-state index >= 15 is 0 Å². The third kappa shape index (κ3) is 7.81. The summed E-state index contributed by atoms with van der Waals surface area (Å²) in [5.74, 6) is 0.403. The minimum absolute atomic E-state index is 0.00958. The van der Waals surface area contributed by atoms with Crippen molar-refractivity contribution >= 4 is 11.8 Å². The molecule has 0 fully saturated rings. The molecule has 0 aromatic heterocycles. The van der Waals surface area contributed by atoms with Gasteiger partial charge in [-0.15, -0.1) is 0 Å². The molecule has 0 unspecified atom stereocenters. The lowest BCUT2D eigenvalue weighted by atomic mass is 10.00. The van der Waals surface area contributed by atoms with E-state index in [1.54, 1.807) is 4.90 Å². The first-order valence-corrected chi connectivity index (χ1v) is 11.8. The van der Waals surface area contributed by atoms with Crippen molar-refractivity contribution in [3.63, 3.8) is 0 Å². The van der Waals surface area contributed by atoms with Crippen molar-refractivity contribution in [1.29, 1.82) is 0 Å². The summed E-state index contributed by atoms with van der Waals surface area (Å²) in [6, 6.07) is 16.1. The molecule has 2 amide bonds. The first kappa shape index (κ1) is 25.6. The van der Waals surface area contributed by atoms with Gasteiger partial charge in [-0.3, -0.25) is 9.59 Å². The Hall–Kier alpha value is -2.62. The van der Waals surface area contributed by atoms with Crippen molar-refractivity contribution in [2.75, 3.05) is 0 Å². The lowest BCUT2D eigenvalue weighted by molar-refractivity contribution is -0.142. The molecule has 32 heavy (non-hydrogen) atoms. The van der Waals surface area contributed by atoms with Gasteiger partial charge in [0.25, 0.3) is 0 Å². The second-order valence-corrected chi connectivity index (χ2v) is 10.1. The molecule has 2 rings (SSSR count). The summed E-state index contributed by atoms with van der Waals surface area (Å²) >= 11 is 0. The van der Waals surface area contributed by atoms with Crippen LogP contribution in [0.3, 0.4) is 0 Å². The van der Waals surface area contributed by atoms with Crippen molar-refractivity contribution in [1.82, 2.24) is 10.2 Å². The highest BCUT2D eigenvalue weighted by Crippen LogP contribution is 2.18. The zero-order valence-corrected chi connectivity index (χ0v) is 20.9. The van der Waals surface area contributed by atoms with Crippen LogP contribution in [0.1, 0.15) is 82.6 Å². The van der Waals surface area contributed by atoms with Gasteiger partial charge in [0.1, 0.15) is 6.04 Å². The predicted molar refractivity (Wildman–Crippen MR) is 133 cm³/mol. The monoisotopic (exact) mass is 436 g/mol. The second-order valence-electron chi connectivity index (χ2n) is 10.1. The first-order valence-electron chi connectivity index (χ1n) is 11.8. The van der Waals surface area contributed by atoms with Gasteiger partial charge in [0.05, 0.1) is 0 Å². The van der Waals surface area contributed by atoms with E-state index in [0.29, 0.717) is 31.7 Å². The Morgan fingerprint density at radius 2 is 1.66 bits per heavy atom. The third-order valence-electron chi connectivity index (χ3n) is 5.59. The van der Waals surface area contributed by atoms with E-state index in [-0.39, 0.29) is 17.4 Å². The van der Waals surface area contributed by atoms with Gasteiger partial charge in [-0.05, 0) is 63.1 Å². The van der Waals surface area contributed by atoms with Crippen LogP contribution in [-0.4, -0.2) is 28.3 Å². The van der Waals surface area contributed by atoms with Gasteiger partial charge in [-0.25, -0.2) is 0 Å². The van der Waals surface area contributed by atoms with Crippen LogP contribution in [0.25, 0.3) is 0 Å². The van der Waals surface area contributed by atoms with Gasteiger partial charge in [-0.1, -0.05) is 74.9 Å². The Morgan fingerprint density at radius 1 is 1.00 bits per heavy atom. The second kappa shape index (κ2) is 11.3. The van der Waals surface area contributed by atoms with Crippen molar-refractivity contribution in [2.45, 2.75) is 91.8 Å². The Kier molecular flexibility index (Phi) is 9.06. The number of carbonyl (C=O) groups is 2. The fraction of sp³-hybridized carbons (Fsp3) is 0.500. The molecule has 1 N–H and O–H groups in total. The lowest BCUT2D eigenvalue weighted by Gasteiger charge is -2.33. The number of rotatable bonds is 9. The Labute approximate surface area is 194 Å². The molecule has 0 heterocycles. The Bertz CT molecular complexity index is 894. The summed E-state index contributed by atoms with van der Waals surface area (Å²) in [6.45, 7) is 14.7. The molecule has 2 aromatic rings. The van der Waals surface area contributed by atoms with Crippen LogP contribution in [-0.2, 0) is 22.6 Å². The minimum atomic E-state index is -0.495. The van der Waals surface area contributed by atoms with Crippen LogP contribution in [0, 0.1) is 6.92 Å². The number of hydrogen-bond acceptors (Lipinski definition) is 2. The Morgan fingerprint density at radius 3 is 2.19 bits per heavy atom. The predicted octanol–water partition coefficient (Wildman–Crippen LogP) is 5.77. The highest BCUT2D eigenvalue weighted by Gasteiger charge is 2.30. The normalized spacial score (nSPS) is 12.5. The molecule has 0 aliphatic rings. The van der Waals surface area contributed by atoms with E-state index in [1.807, 2.05) is 52.8 Å². The molecule has 4 nitrogen and oxygen atoms in total. The number of amides is 2. The van der Waals surface area contributed by atoms with Gasteiger partial charge in [0, 0.05) is 18.5 Å². The summed E-state index contributed by atoms with van der Waals surface area (Å²) in [4.78, 5) is 28.2. The number of nitrogens with zero attached hydrogens (tertiary/aromatic N) is 1.